The first-order valence-electron chi connectivity index (χ1n) is 8.40. The van der Waals surface area contributed by atoms with Crippen molar-refractivity contribution in [2.45, 2.75) is 50.8 Å². The second kappa shape index (κ2) is 7.80. The fraction of sp³-hybridized carbons (Fsp3) is 0.611. The van der Waals surface area contributed by atoms with Crippen LogP contribution in [0.4, 0.5) is 0 Å². The van der Waals surface area contributed by atoms with E-state index < -0.39 is 43.0 Å². The number of methoxy groups -OCH3 is 1. The molecule has 3 rings (SSSR count). The van der Waals surface area contributed by atoms with Crippen LogP contribution in [-0.2, 0) is 28.5 Å². The highest BCUT2D eigenvalue weighted by Gasteiger charge is 2.51. The molecule has 6 atom stereocenters. The van der Waals surface area contributed by atoms with Gasteiger partial charge in [-0.05, 0) is 0 Å². The number of ether oxygens (including phenoxy) is 5. The summed E-state index contributed by atoms with van der Waals surface area (Å²) in [5, 5.41) is 10.7. The molecule has 7 heteroatoms. The van der Waals surface area contributed by atoms with E-state index in [4.69, 9.17) is 23.7 Å². The van der Waals surface area contributed by atoms with Crippen LogP contribution in [0, 0.1) is 5.92 Å². The Morgan fingerprint density at radius 3 is 2.60 bits per heavy atom. The Morgan fingerprint density at radius 1 is 1.24 bits per heavy atom. The minimum Gasteiger partial charge on any atom is -0.454 e. The molecule has 0 spiro atoms. The summed E-state index contributed by atoms with van der Waals surface area (Å²) in [6, 6.07) is 9.44. The zero-order valence-electron chi connectivity index (χ0n) is 14.5. The van der Waals surface area contributed by atoms with Gasteiger partial charge >= 0.3 is 5.97 Å². The zero-order chi connectivity index (χ0) is 18.0. The lowest BCUT2D eigenvalue weighted by Crippen LogP contribution is -2.63. The Morgan fingerprint density at radius 2 is 1.96 bits per heavy atom. The van der Waals surface area contributed by atoms with Gasteiger partial charge < -0.3 is 28.8 Å². The Balaban J connectivity index is 1.75. The summed E-state index contributed by atoms with van der Waals surface area (Å²) in [4.78, 5) is 12.0. The van der Waals surface area contributed by atoms with Gasteiger partial charge in [-0.25, -0.2) is 0 Å². The molecule has 0 radical (unpaired) electrons. The minimum absolute atomic E-state index is 0.242. The molecule has 7 nitrogen and oxygen atoms in total. The van der Waals surface area contributed by atoms with Crippen molar-refractivity contribution >= 4 is 5.97 Å². The van der Waals surface area contributed by atoms with Gasteiger partial charge in [0.25, 0.3) is 0 Å². The number of carbonyl (C=O) groups excluding carboxylic acids is 1. The van der Waals surface area contributed by atoms with Crippen molar-refractivity contribution in [3.63, 3.8) is 0 Å². The van der Waals surface area contributed by atoms with E-state index >= 15 is 0 Å². The predicted molar refractivity (Wildman–Crippen MR) is 86.4 cm³/mol. The number of hydrogen-bond acceptors (Lipinski definition) is 7. The molecule has 2 fully saturated rings. The van der Waals surface area contributed by atoms with Gasteiger partial charge in [0.2, 0.25) is 0 Å². The molecule has 1 aromatic rings. The van der Waals surface area contributed by atoms with Crippen molar-refractivity contribution < 1.29 is 33.6 Å². The summed E-state index contributed by atoms with van der Waals surface area (Å²) in [5.41, 5.74) is 0.845. The monoisotopic (exact) mass is 352 g/mol. The van der Waals surface area contributed by atoms with Crippen molar-refractivity contribution in [1.29, 1.82) is 0 Å². The lowest BCUT2D eigenvalue weighted by atomic mass is 9.97. The first-order valence-corrected chi connectivity index (χ1v) is 8.40. The number of carbonyl (C=O) groups is 1. The SMILES string of the molecule is CO[C@H]1O[C@@H]2CO[C@@H](c3ccccc3)O[C@H]2[C@H](O)[C@H]1OC(=O)C(C)C. The topological polar surface area (TPSA) is 83.5 Å². The fourth-order valence-corrected chi connectivity index (χ4v) is 2.93. The van der Waals surface area contributed by atoms with Crippen molar-refractivity contribution in [3.05, 3.63) is 35.9 Å². The Bertz CT molecular complexity index is 576. The lowest BCUT2D eigenvalue weighted by Gasteiger charge is -2.46. The highest BCUT2D eigenvalue weighted by Crippen LogP contribution is 2.35. The van der Waals surface area contributed by atoms with Crippen molar-refractivity contribution in [3.8, 4) is 0 Å². The van der Waals surface area contributed by atoms with Gasteiger partial charge in [0.15, 0.2) is 18.7 Å². The van der Waals surface area contributed by atoms with E-state index in [0.29, 0.717) is 0 Å². The van der Waals surface area contributed by atoms with E-state index in [1.807, 2.05) is 30.3 Å². The zero-order valence-corrected chi connectivity index (χ0v) is 14.5. The number of aliphatic hydroxyl groups excluding tert-OH is 1. The van der Waals surface area contributed by atoms with Gasteiger partial charge in [-0.3, -0.25) is 4.79 Å². The fourth-order valence-electron chi connectivity index (χ4n) is 2.93. The summed E-state index contributed by atoms with van der Waals surface area (Å²) in [6.45, 7) is 3.69. The van der Waals surface area contributed by atoms with E-state index in [-0.39, 0.29) is 12.5 Å². The van der Waals surface area contributed by atoms with Crippen LogP contribution < -0.4 is 0 Å². The molecule has 0 amide bonds. The molecule has 1 N–H and O–H groups in total. The smallest absolute Gasteiger partial charge is 0.308 e. The van der Waals surface area contributed by atoms with Gasteiger partial charge in [-0.2, -0.15) is 0 Å². The molecule has 2 aliphatic heterocycles. The molecular weight excluding hydrogens is 328 g/mol. The van der Waals surface area contributed by atoms with Crippen LogP contribution in [0.5, 0.6) is 0 Å². The van der Waals surface area contributed by atoms with E-state index in [9.17, 15) is 9.90 Å². The highest BCUT2D eigenvalue weighted by atomic mass is 16.8. The van der Waals surface area contributed by atoms with Crippen LogP contribution in [0.1, 0.15) is 25.7 Å². The van der Waals surface area contributed by atoms with Crippen LogP contribution >= 0.6 is 0 Å². The molecule has 0 aromatic heterocycles. The van der Waals surface area contributed by atoms with Gasteiger partial charge in [0, 0.05) is 12.7 Å². The van der Waals surface area contributed by atoms with Crippen LogP contribution in [0.15, 0.2) is 30.3 Å². The summed E-state index contributed by atoms with van der Waals surface area (Å²) in [6.07, 6.45) is -4.72. The van der Waals surface area contributed by atoms with Crippen LogP contribution in [-0.4, -0.2) is 55.5 Å². The Labute approximate surface area is 146 Å². The number of hydrogen-bond donors (Lipinski definition) is 1. The number of fused-ring (bicyclic) bond motifs is 1. The summed E-state index contributed by atoms with van der Waals surface area (Å²) in [5.74, 6) is -0.755. The molecule has 2 heterocycles. The maximum atomic E-state index is 12.0. The average molecular weight is 352 g/mol. The molecule has 0 unspecified atom stereocenters. The van der Waals surface area contributed by atoms with Crippen molar-refractivity contribution in [1.82, 2.24) is 0 Å². The van der Waals surface area contributed by atoms with Crippen molar-refractivity contribution in [2.75, 3.05) is 13.7 Å². The first-order chi connectivity index (χ1) is 12.0. The first kappa shape index (κ1) is 18.3. The maximum Gasteiger partial charge on any atom is 0.308 e. The van der Waals surface area contributed by atoms with E-state index in [1.54, 1.807) is 13.8 Å². The third-order valence-electron chi connectivity index (χ3n) is 4.34. The number of rotatable bonds is 4. The Hall–Kier alpha value is -1.51. The van der Waals surface area contributed by atoms with Gasteiger partial charge in [0.05, 0.1) is 12.5 Å². The highest BCUT2D eigenvalue weighted by molar-refractivity contribution is 5.71. The number of aliphatic hydroxyl groups is 1. The van der Waals surface area contributed by atoms with Gasteiger partial charge in [-0.15, -0.1) is 0 Å². The molecule has 0 aliphatic carbocycles. The van der Waals surface area contributed by atoms with E-state index in [0.717, 1.165) is 5.56 Å². The third kappa shape index (κ3) is 3.86. The molecule has 2 saturated heterocycles. The molecule has 0 bridgehead atoms. The second-order valence-corrected chi connectivity index (χ2v) is 6.50. The molecule has 1 aromatic carbocycles. The summed E-state index contributed by atoms with van der Waals surface area (Å²) in [7, 11) is 1.44. The minimum atomic E-state index is -1.08. The van der Waals surface area contributed by atoms with Gasteiger partial charge in [0.1, 0.15) is 18.3 Å². The molecule has 0 saturated carbocycles. The van der Waals surface area contributed by atoms with Crippen LogP contribution in [0.3, 0.4) is 0 Å². The second-order valence-electron chi connectivity index (χ2n) is 6.50. The summed E-state index contributed by atoms with van der Waals surface area (Å²) >= 11 is 0. The average Bonchev–Trinajstić information content (AvgIpc) is 2.64. The Kier molecular flexibility index (Phi) is 5.71. The van der Waals surface area contributed by atoms with Crippen LogP contribution in [0.25, 0.3) is 0 Å². The molecule has 25 heavy (non-hydrogen) atoms. The quantitative estimate of drug-likeness (QED) is 0.820. The van der Waals surface area contributed by atoms with Crippen molar-refractivity contribution in [2.24, 2.45) is 5.92 Å². The van der Waals surface area contributed by atoms with E-state index in [2.05, 4.69) is 0 Å². The standard InChI is InChI=1S/C18H24O7/c1-10(2)16(20)24-15-13(19)14-12(23-18(15)21-3)9-22-17(25-14)11-7-5-4-6-8-11/h4-8,10,12-15,17-19H,9H2,1-3H3/t12-,13+,14-,15-,17-,18+/m1/s1. The molecule has 138 valence electrons. The molecular formula is C18H24O7. The maximum absolute atomic E-state index is 12.0. The number of esters is 1. The third-order valence-corrected chi connectivity index (χ3v) is 4.34. The summed E-state index contributed by atoms with van der Waals surface area (Å²) < 4.78 is 28.0. The van der Waals surface area contributed by atoms with Crippen LogP contribution in [0.2, 0.25) is 0 Å². The lowest BCUT2D eigenvalue weighted by molar-refractivity contribution is -0.359. The van der Waals surface area contributed by atoms with Gasteiger partial charge in [-0.1, -0.05) is 44.2 Å². The largest absolute Gasteiger partial charge is 0.454 e. The van der Waals surface area contributed by atoms with E-state index in [1.165, 1.54) is 7.11 Å². The predicted octanol–water partition coefficient (Wildman–Crippen LogP) is 1.40. The normalized spacial score (nSPS) is 35.2. The molecule has 2 aliphatic rings. The number of benzene rings is 1.